The summed E-state index contributed by atoms with van der Waals surface area (Å²) in [6.45, 7) is 4.25. The summed E-state index contributed by atoms with van der Waals surface area (Å²) in [5, 5.41) is 0. The van der Waals surface area contributed by atoms with Crippen molar-refractivity contribution in [2.75, 3.05) is 5.88 Å². The molecule has 1 nitrogen and oxygen atoms in total. The maximum atomic E-state index is 13.1. The first kappa shape index (κ1) is 15.4. The molecular weight excluding hydrogens is 287 g/mol. The van der Waals surface area contributed by atoms with Crippen LogP contribution in [0.1, 0.15) is 22.3 Å². The van der Waals surface area contributed by atoms with Gasteiger partial charge in [0.15, 0.2) is 0 Å². The van der Waals surface area contributed by atoms with E-state index in [1.807, 2.05) is 32.0 Å². The second-order valence-corrected chi connectivity index (χ2v) is 5.06. The van der Waals surface area contributed by atoms with E-state index in [2.05, 4.69) is 11.8 Å². The van der Waals surface area contributed by atoms with Gasteiger partial charge in [0, 0.05) is 0 Å². The van der Waals surface area contributed by atoms with Crippen molar-refractivity contribution < 1.29 is 9.13 Å². The number of alkyl halides is 1. The summed E-state index contributed by atoms with van der Waals surface area (Å²) in [7, 11) is 0. The van der Waals surface area contributed by atoms with Gasteiger partial charge in [0.2, 0.25) is 0 Å². The third-order valence-corrected chi connectivity index (χ3v) is 3.25. The van der Waals surface area contributed by atoms with Gasteiger partial charge in [-0.05, 0) is 54.8 Å². The molecule has 0 unspecified atom stereocenters. The van der Waals surface area contributed by atoms with Crippen LogP contribution in [-0.4, -0.2) is 5.88 Å². The lowest BCUT2D eigenvalue weighted by molar-refractivity contribution is 0.304. The highest BCUT2D eigenvalue weighted by Gasteiger charge is 2.05. The molecule has 0 bridgehead atoms. The molecule has 0 aromatic heterocycles. The smallest absolute Gasteiger partial charge is 0.135 e. The van der Waals surface area contributed by atoms with Gasteiger partial charge in [-0.25, -0.2) is 4.39 Å². The predicted molar refractivity (Wildman–Crippen MR) is 84.2 cm³/mol. The Hall–Kier alpha value is -1.98. The number of ether oxygens (including phenoxy) is 1. The molecule has 0 saturated carbocycles. The van der Waals surface area contributed by atoms with E-state index in [0.717, 1.165) is 22.3 Å². The molecule has 0 spiro atoms. The number of benzene rings is 2. The summed E-state index contributed by atoms with van der Waals surface area (Å²) in [6, 6.07) is 10.5. The van der Waals surface area contributed by atoms with Crippen LogP contribution in [0.25, 0.3) is 0 Å². The van der Waals surface area contributed by atoms with Crippen molar-refractivity contribution >= 4 is 11.6 Å². The van der Waals surface area contributed by atoms with Crippen LogP contribution in [0.4, 0.5) is 4.39 Å². The molecule has 0 heterocycles. The average Bonchev–Trinajstić information content (AvgIpc) is 2.45. The summed E-state index contributed by atoms with van der Waals surface area (Å²) < 4.78 is 18.9. The molecule has 0 atom stereocenters. The van der Waals surface area contributed by atoms with Gasteiger partial charge in [-0.1, -0.05) is 24.0 Å². The van der Waals surface area contributed by atoms with Crippen molar-refractivity contribution in [3.8, 4) is 17.6 Å². The Balaban J connectivity index is 2.19. The van der Waals surface area contributed by atoms with Crippen molar-refractivity contribution in [2.24, 2.45) is 0 Å². The molecule has 2 aromatic rings. The Morgan fingerprint density at radius 2 is 1.95 bits per heavy atom. The van der Waals surface area contributed by atoms with E-state index in [0.29, 0.717) is 12.4 Å². The fraction of sp³-hybridized carbons (Fsp3) is 0.222. The monoisotopic (exact) mass is 302 g/mol. The van der Waals surface area contributed by atoms with Crippen molar-refractivity contribution in [3.05, 3.63) is 64.5 Å². The van der Waals surface area contributed by atoms with Crippen LogP contribution in [-0.2, 0) is 6.61 Å². The van der Waals surface area contributed by atoms with Crippen LogP contribution in [0.2, 0.25) is 0 Å². The van der Waals surface area contributed by atoms with Crippen molar-refractivity contribution in [3.63, 3.8) is 0 Å². The second-order valence-electron chi connectivity index (χ2n) is 4.79. The highest BCUT2D eigenvalue weighted by Crippen LogP contribution is 2.21. The maximum absolute atomic E-state index is 13.1. The molecule has 0 saturated heterocycles. The average molecular weight is 303 g/mol. The van der Waals surface area contributed by atoms with Crippen LogP contribution in [0, 0.1) is 31.5 Å². The van der Waals surface area contributed by atoms with Crippen molar-refractivity contribution in [2.45, 2.75) is 20.5 Å². The molecule has 0 aliphatic rings. The Kier molecular flexibility index (Phi) is 5.25. The Bertz CT molecular complexity index is 698. The third-order valence-electron chi connectivity index (χ3n) is 3.11. The summed E-state index contributed by atoms with van der Waals surface area (Å²) in [5.74, 6) is 6.59. The Morgan fingerprint density at radius 3 is 2.67 bits per heavy atom. The summed E-state index contributed by atoms with van der Waals surface area (Å²) in [6.07, 6.45) is 0. The number of rotatable bonds is 3. The molecule has 2 rings (SSSR count). The number of halogens is 2. The van der Waals surface area contributed by atoms with E-state index >= 15 is 0 Å². The molecule has 0 amide bonds. The summed E-state index contributed by atoms with van der Waals surface area (Å²) in [5.41, 5.74) is 3.75. The van der Waals surface area contributed by atoms with Gasteiger partial charge in [0.05, 0.1) is 11.4 Å². The first-order chi connectivity index (χ1) is 10.1. The van der Waals surface area contributed by atoms with Crippen LogP contribution in [0.3, 0.4) is 0 Å². The molecule has 2 aromatic carbocycles. The molecule has 0 radical (unpaired) electrons. The molecule has 21 heavy (non-hydrogen) atoms. The highest BCUT2D eigenvalue weighted by molar-refractivity contribution is 6.19. The lowest BCUT2D eigenvalue weighted by Crippen LogP contribution is -2.00. The largest absolute Gasteiger partial charge is 0.488 e. The van der Waals surface area contributed by atoms with Gasteiger partial charge >= 0.3 is 0 Å². The fourth-order valence-electron chi connectivity index (χ4n) is 1.97. The fourth-order valence-corrected chi connectivity index (χ4v) is 2.04. The zero-order valence-electron chi connectivity index (χ0n) is 12.0. The van der Waals surface area contributed by atoms with E-state index < -0.39 is 0 Å². The molecule has 0 aliphatic heterocycles. The minimum Gasteiger partial charge on any atom is -0.488 e. The van der Waals surface area contributed by atoms with E-state index in [9.17, 15) is 4.39 Å². The minimum atomic E-state index is -0.236. The molecule has 3 heteroatoms. The van der Waals surface area contributed by atoms with E-state index in [1.165, 1.54) is 12.1 Å². The lowest BCUT2D eigenvalue weighted by Gasteiger charge is -2.11. The quantitative estimate of drug-likeness (QED) is 0.594. The topological polar surface area (TPSA) is 9.23 Å². The zero-order chi connectivity index (χ0) is 15.2. The van der Waals surface area contributed by atoms with E-state index in [1.54, 1.807) is 6.07 Å². The molecular formula is C18H16ClFO. The van der Waals surface area contributed by atoms with Crippen LogP contribution < -0.4 is 4.74 Å². The van der Waals surface area contributed by atoms with Crippen molar-refractivity contribution in [1.82, 2.24) is 0 Å². The van der Waals surface area contributed by atoms with Crippen LogP contribution in [0.15, 0.2) is 36.4 Å². The van der Waals surface area contributed by atoms with Crippen LogP contribution >= 0.6 is 11.6 Å². The third kappa shape index (κ3) is 4.24. The van der Waals surface area contributed by atoms with Gasteiger partial charge in [-0.15, -0.1) is 11.6 Å². The first-order valence-electron chi connectivity index (χ1n) is 6.63. The van der Waals surface area contributed by atoms with E-state index in [4.69, 9.17) is 16.3 Å². The molecule has 0 aliphatic carbocycles. The van der Waals surface area contributed by atoms with Gasteiger partial charge in [-0.3, -0.25) is 0 Å². The number of hydrogen-bond donors (Lipinski definition) is 0. The molecule has 108 valence electrons. The maximum Gasteiger partial charge on any atom is 0.135 e. The van der Waals surface area contributed by atoms with Gasteiger partial charge < -0.3 is 4.74 Å². The second kappa shape index (κ2) is 7.15. The first-order valence-corrected chi connectivity index (χ1v) is 7.17. The lowest BCUT2D eigenvalue weighted by atomic mass is 10.1. The SMILES string of the molecule is Cc1ccc(OCc2ccc(F)cc2C)c(C#CCCl)c1. The Morgan fingerprint density at radius 1 is 1.14 bits per heavy atom. The van der Waals surface area contributed by atoms with Crippen molar-refractivity contribution in [1.29, 1.82) is 0 Å². The van der Waals surface area contributed by atoms with Crippen LogP contribution in [0.5, 0.6) is 5.75 Å². The summed E-state index contributed by atoms with van der Waals surface area (Å²) in [4.78, 5) is 0. The van der Waals surface area contributed by atoms with Gasteiger partial charge in [0.1, 0.15) is 18.2 Å². The van der Waals surface area contributed by atoms with Gasteiger partial charge in [0.25, 0.3) is 0 Å². The van der Waals surface area contributed by atoms with Gasteiger partial charge in [-0.2, -0.15) is 0 Å². The Labute approximate surface area is 129 Å². The normalized spacial score (nSPS) is 9.90. The molecule has 0 fully saturated rings. The minimum absolute atomic E-state index is 0.236. The molecule has 0 N–H and O–H groups in total. The van der Waals surface area contributed by atoms with E-state index in [-0.39, 0.29) is 11.7 Å². The number of hydrogen-bond acceptors (Lipinski definition) is 1. The standard InChI is InChI=1S/C18H16ClFO/c1-13-5-8-18(15(10-13)4-3-9-19)21-12-16-6-7-17(20)11-14(16)2/h5-8,10-11H,9,12H2,1-2H3. The zero-order valence-corrected chi connectivity index (χ0v) is 12.8. The summed E-state index contributed by atoms with van der Waals surface area (Å²) >= 11 is 5.60. The predicted octanol–water partition coefficient (Wildman–Crippen LogP) is 4.61. The number of aryl methyl sites for hydroxylation is 2. The highest BCUT2D eigenvalue weighted by atomic mass is 35.5.